The number of para-hydroxylation sites is 2. The van der Waals surface area contributed by atoms with Crippen molar-refractivity contribution in [2.75, 3.05) is 5.32 Å². The number of fused-ring (bicyclic) bond motifs is 1. The monoisotopic (exact) mass is 300 g/mol. The third-order valence-electron chi connectivity index (χ3n) is 3.83. The molecule has 3 heteroatoms. The normalized spacial score (nSPS) is 11.0. The molecule has 0 unspecified atom stereocenters. The summed E-state index contributed by atoms with van der Waals surface area (Å²) >= 11 is 0. The molecule has 1 N–H and O–H groups in total. The molecular formula is C20H16N2O. The number of rotatable bonds is 4. The maximum atomic E-state index is 5.82. The van der Waals surface area contributed by atoms with Crippen molar-refractivity contribution in [3.05, 3.63) is 96.1 Å². The van der Waals surface area contributed by atoms with Gasteiger partial charge in [0.25, 0.3) is 6.01 Å². The molecule has 1 heterocycles. The number of hydrogen-bond acceptors (Lipinski definition) is 3. The molecule has 0 amide bonds. The Morgan fingerprint density at radius 1 is 0.696 bits per heavy atom. The van der Waals surface area contributed by atoms with E-state index in [1.807, 2.05) is 60.7 Å². The molecule has 0 fully saturated rings. The molecule has 0 bridgehead atoms. The molecule has 112 valence electrons. The third kappa shape index (κ3) is 2.81. The van der Waals surface area contributed by atoms with E-state index in [1.54, 1.807) is 0 Å². The summed E-state index contributed by atoms with van der Waals surface area (Å²) in [7, 11) is 0. The zero-order valence-corrected chi connectivity index (χ0v) is 12.5. The number of benzene rings is 3. The van der Waals surface area contributed by atoms with Gasteiger partial charge in [0.1, 0.15) is 5.52 Å². The van der Waals surface area contributed by atoms with Crippen LogP contribution in [0.3, 0.4) is 0 Å². The molecule has 0 spiro atoms. The number of nitrogens with zero attached hydrogens (tertiary/aromatic N) is 1. The minimum absolute atomic E-state index is 0.00883. The van der Waals surface area contributed by atoms with Crippen molar-refractivity contribution >= 4 is 17.1 Å². The van der Waals surface area contributed by atoms with Crippen LogP contribution in [0.25, 0.3) is 11.1 Å². The fourth-order valence-electron chi connectivity index (χ4n) is 2.71. The van der Waals surface area contributed by atoms with E-state index in [4.69, 9.17) is 4.42 Å². The van der Waals surface area contributed by atoms with Gasteiger partial charge < -0.3 is 9.73 Å². The summed E-state index contributed by atoms with van der Waals surface area (Å²) in [6, 6.07) is 28.9. The summed E-state index contributed by atoms with van der Waals surface area (Å²) < 4.78 is 5.82. The van der Waals surface area contributed by atoms with Crippen molar-refractivity contribution in [2.45, 2.75) is 6.04 Å². The van der Waals surface area contributed by atoms with Gasteiger partial charge in [0.2, 0.25) is 0 Å². The lowest BCUT2D eigenvalue weighted by Gasteiger charge is -2.18. The standard InChI is InChI=1S/C20H16N2O/c1-3-9-15(10-4-1)19(16-11-5-2-6-12-16)22-20-21-17-13-7-8-14-18(17)23-20/h1-14,19H,(H,21,22). The topological polar surface area (TPSA) is 38.1 Å². The fourth-order valence-corrected chi connectivity index (χ4v) is 2.71. The highest BCUT2D eigenvalue weighted by Crippen LogP contribution is 2.28. The van der Waals surface area contributed by atoms with Crippen molar-refractivity contribution in [3.8, 4) is 0 Å². The highest BCUT2D eigenvalue weighted by molar-refractivity contribution is 5.74. The zero-order chi connectivity index (χ0) is 15.5. The number of aromatic nitrogens is 1. The summed E-state index contributed by atoms with van der Waals surface area (Å²) in [5.74, 6) is 0. The van der Waals surface area contributed by atoms with Gasteiger partial charge in [-0.1, -0.05) is 72.8 Å². The lowest BCUT2D eigenvalue weighted by molar-refractivity contribution is 0.607. The molecule has 1 aromatic heterocycles. The van der Waals surface area contributed by atoms with E-state index in [0.717, 1.165) is 11.1 Å². The van der Waals surface area contributed by atoms with Crippen LogP contribution >= 0.6 is 0 Å². The van der Waals surface area contributed by atoms with Gasteiger partial charge in [0.05, 0.1) is 6.04 Å². The van der Waals surface area contributed by atoms with Crippen LogP contribution in [0.4, 0.5) is 6.01 Å². The largest absolute Gasteiger partial charge is 0.424 e. The summed E-state index contributed by atoms with van der Waals surface area (Å²) in [6.07, 6.45) is 0. The maximum absolute atomic E-state index is 5.82. The van der Waals surface area contributed by atoms with Gasteiger partial charge in [0.15, 0.2) is 5.58 Å². The molecule has 0 aliphatic rings. The highest BCUT2D eigenvalue weighted by Gasteiger charge is 2.16. The van der Waals surface area contributed by atoms with Crippen LogP contribution in [0, 0.1) is 0 Å². The Balaban J connectivity index is 1.73. The van der Waals surface area contributed by atoms with Gasteiger partial charge in [-0.25, -0.2) is 0 Å². The molecule has 23 heavy (non-hydrogen) atoms. The summed E-state index contributed by atoms with van der Waals surface area (Å²) in [5, 5.41) is 3.42. The summed E-state index contributed by atoms with van der Waals surface area (Å²) in [6.45, 7) is 0. The minimum atomic E-state index is -0.00883. The first-order chi connectivity index (χ1) is 11.4. The van der Waals surface area contributed by atoms with Crippen LogP contribution in [0.5, 0.6) is 0 Å². The van der Waals surface area contributed by atoms with Gasteiger partial charge in [-0.05, 0) is 23.3 Å². The Morgan fingerprint density at radius 3 is 1.87 bits per heavy atom. The van der Waals surface area contributed by atoms with E-state index in [1.165, 1.54) is 11.1 Å². The van der Waals surface area contributed by atoms with E-state index < -0.39 is 0 Å². The van der Waals surface area contributed by atoms with Crippen LogP contribution in [0.2, 0.25) is 0 Å². The maximum Gasteiger partial charge on any atom is 0.296 e. The number of oxazole rings is 1. The van der Waals surface area contributed by atoms with Crippen molar-refractivity contribution in [1.82, 2.24) is 4.98 Å². The first-order valence-corrected chi connectivity index (χ1v) is 7.62. The summed E-state index contributed by atoms with van der Waals surface area (Å²) in [4.78, 5) is 4.53. The van der Waals surface area contributed by atoms with E-state index >= 15 is 0 Å². The SMILES string of the molecule is c1ccc(C(Nc2nc3ccccc3o2)c2ccccc2)cc1. The molecule has 3 nitrogen and oxygen atoms in total. The second-order valence-corrected chi connectivity index (χ2v) is 5.39. The van der Waals surface area contributed by atoms with Crippen LogP contribution in [0.15, 0.2) is 89.3 Å². The fraction of sp³-hybridized carbons (Fsp3) is 0.0500. The van der Waals surface area contributed by atoms with E-state index in [-0.39, 0.29) is 6.04 Å². The third-order valence-corrected chi connectivity index (χ3v) is 3.83. The van der Waals surface area contributed by atoms with Crippen molar-refractivity contribution in [1.29, 1.82) is 0 Å². The number of hydrogen-bond donors (Lipinski definition) is 1. The quantitative estimate of drug-likeness (QED) is 0.574. The second-order valence-electron chi connectivity index (χ2n) is 5.39. The first-order valence-electron chi connectivity index (χ1n) is 7.62. The molecule has 0 aliphatic heterocycles. The molecule has 0 saturated carbocycles. The zero-order valence-electron chi connectivity index (χ0n) is 12.5. The molecule has 4 aromatic rings. The van der Waals surface area contributed by atoms with Crippen LogP contribution in [-0.4, -0.2) is 4.98 Å². The first kappa shape index (κ1) is 13.6. The van der Waals surface area contributed by atoms with Crippen LogP contribution in [-0.2, 0) is 0 Å². The Hall–Kier alpha value is -3.07. The molecule has 0 aliphatic carbocycles. The average Bonchev–Trinajstić information content (AvgIpc) is 3.04. The molecule has 3 aromatic carbocycles. The number of anilines is 1. The predicted octanol–water partition coefficient (Wildman–Crippen LogP) is 5.03. The van der Waals surface area contributed by atoms with E-state index in [9.17, 15) is 0 Å². The average molecular weight is 300 g/mol. The Bertz CT molecular complexity index is 828. The van der Waals surface area contributed by atoms with Crippen molar-refractivity contribution in [2.24, 2.45) is 0 Å². The van der Waals surface area contributed by atoms with Gasteiger partial charge in [0, 0.05) is 0 Å². The molecule has 0 radical (unpaired) electrons. The molecule has 0 atom stereocenters. The molecule has 0 saturated heterocycles. The van der Waals surface area contributed by atoms with Crippen molar-refractivity contribution < 1.29 is 4.42 Å². The Morgan fingerprint density at radius 2 is 1.26 bits per heavy atom. The van der Waals surface area contributed by atoms with E-state index in [0.29, 0.717) is 6.01 Å². The van der Waals surface area contributed by atoms with E-state index in [2.05, 4.69) is 34.6 Å². The predicted molar refractivity (Wildman–Crippen MR) is 92.4 cm³/mol. The Kier molecular flexibility index (Phi) is 3.53. The van der Waals surface area contributed by atoms with Gasteiger partial charge in [-0.3, -0.25) is 0 Å². The molecule has 4 rings (SSSR count). The van der Waals surface area contributed by atoms with Crippen molar-refractivity contribution in [3.63, 3.8) is 0 Å². The van der Waals surface area contributed by atoms with Gasteiger partial charge >= 0.3 is 0 Å². The van der Waals surface area contributed by atoms with Gasteiger partial charge in [-0.15, -0.1) is 0 Å². The lowest BCUT2D eigenvalue weighted by atomic mass is 9.99. The van der Waals surface area contributed by atoms with Gasteiger partial charge in [-0.2, -0.15) is 4.98 Å². The lowest BCUT2D eigenvalue weighted by Crippen LogP contribution is -2.12. The highest BCUT2D eigenvalue weighted by atomic mass is 16.4. The minimum Gasteiger partial charge on any atom is -0.424 e. The molecular weight excluding hydrogens is 284 g/mol. The second kappa shape index (κ2) is 5.97. The number of nitrogens with one attached hydrogen (secondary N) is 1. The summed E-state index contributed by atoms with van der Waals surface area (Å²) in [5.41, 5.74) is 3.98. The Labute approximate surface area is 134 Å². The van der Waals surface area contributed by atoms with Crippen LogP contribution in [0.1, 0.15) is 17.2 Å². The smallest absolute Gasteiger partial charge is 0.296 e. The van der Waals surface area contributed by atoms with Crippen LogP contribution < -0.4 is 5.32 Å².